The van der Waals surface area contributed by atoms with E-state index >= 15 is 0 Å². The molecule has 1 N–H and O–H groups in total. The van der Waals surface area contributed by atoms with E-state index < -0.39 is 0 Å². The van der Waals surface area contributed by atoms with Crippen LogP contribution in [0.3, 0.4) is 0 Å². The van der Waals surface area contributed by atoms with E-state index in [-0.39, 0.29) is 15.6 Å². The first-order valence-electron chi connectivity index (χ1n) is 5.03. The predicted molar refractivity (Wildman–Crippen MR) is 61.3 cm³/mol. The van der Waals surface area contributed by atoms with E-state index in [1.54, 1.807) is 0 Å². The van der Waals surface area contributed by atoms with Crippen molar-refractivity contribution in [3.63, 3.8) is 0 Å². The van der Waals surface area contributed by atoms with E-state index in [4.69, 9.17) is 0 Å². The monoisotopic (exact) mass is 218 g/mol. The van der Waals surface area contributed by atoms with E-state index in [0.29, 0.717) is 0 Å². The van der Waals surface area contributed by atoms with Crippen molar-refractivity contribution in [3.05, 3.63) is 0 Å². The summed E-state index contributed by atoms with van der Waals surface area (Å²) < 4.78 is 0.155. The van der Waals surface area contributed by atoms with Crippen molar-refractivity contribution in [2.45, 2.75) is 43.3 Å². The van der Waals surface area contributed by atoms with Gasteiger partial charge in [0, 0.05) is 0 Å². The average molecular weight is 218 g/mol. The largest absolute Gasteiger partial charge is 0.390 e. The van der Waals surface area contributed by atoms with Crippen molar-refractivity contribution in [1.82, 2.24) is 0 Å². The highest BCUT2D eigenvalue weighted by atomic mass is 32.2. The predicted octanol–water partition coefficient (Wildman–Crippen LogP) is 2.73. The molecule has 1 nitrogen and oxygen atoms in total. The smallest absolute Gasteiger partial charge is 0.0874 e. The van der Waals surface area contributed by atoms with Crippen molar-refractivity contribution in [2.24, 2.45) is 5.41 Å². The van der Waals surface area contributed by atoms with Crippen molar-refractivity contribution in [3.8, 4) is 0 Å². The first-order valence-corrected chi connectivity index (χ1v) is 7.00. The minimum Gasteiger partial charge on any atom is -0.390 e. The maximum atomic E-state index is 10.3. The Balaban J connectivity index is 2.15. The normalized spacial score (nSPS) is 36.7. The molecule has 0 bridgehead atoms. The minimum absolute atomic E-state index is 0.115. The third kappa shape index (κ3) is 1.64. The van der Waals surface area contributed by atoms with Gasteiger partial charge < -0.3 is 5.11 Å². The molecule has 3 heteroatoms. The number of aliphatic hydroxyl groups excluding tert-OH is 1. The van der Waals surface area contributed by atoms with Crippen LogP contribution < -0.4 is 0 Å². The van der Waals surface area contributed by atoms with Crippen LogP contribution in [0.5, 0.6) is 0 Å². The van der Waals surface area contributed by atoms with E-state index in [9.17, 15) is 5.11 Å². The van der Waals surface area contributed by atoms with Gasteiger partial charge in [-0.3, -0.25) is 0 Å². The highest BCUT2D eigenvalue weighted by Gasteiger charge is 2.53. The first kappa shape index (κ1) is 10.2. The summed E-state index contributed by atoms with van der Waals surface area (Å²) in [5.41, 5.74) is 0.136. The Hall–Kier alpha value is 0.660. The standard InChI is InChI=1S/C10H18OS2/c1-9(2)4-5-10(8(9)11)12-6-3-7-13-10/h8,11H,3-7H2,1-2H3/t8-/m1/s1. The molecule has 1 spiro atoms. The number of rotatable bonds is 0. The lowest BCUT2D eigenvalue weighted by Crippen LogP contribution is -2.39. The topological polar surface area (TPSA) is 20.2 Å². The fourth-order valence-corrected chi connectivity index (χ4v) is 5.99. The molecule has 1 saturated carbocycles. The van der Waals surface area contributed by atoms with E-state index in [1.165, 1.54) is 30.8 Å². The Labute approximate surface area is 89.1 Å². The first-order chi connectivity index (χ1) is 6.07. The fourth-order valence-electron chi connectivity index (χ4n) is 2.26. The molecule has 0 amide bonds. The van der Waals surface area contributed by atoms with Gasteiger partial charge in [0.05, 0.1) is 10.2 Å². The molecule has 1 heterocycles. The van der Waals surface area contributed by atoms with Gasteiger partial charge in [0.1, 0.15) is 0 Å². The van der Waals surface area contributed by atoms with Crippen LogP contribution in [0.4, 0.5) is 0 Å². The highest BCUT2D eigenvalue weighted by Crippen LogP contribution is 2.58. The molecule has 1 atom stereocenters. The molecule has 1 aliphatic heterocycles. The summed E-state index contributed by atoms with van der Waals surface area (Å²) in [7, 11) is 0. The van der Waals surface area contributed by atoms with Gasteiger partial charge in [0.25, 0.3) is 0 Å². The molecule has 0 radical (unpaired) electrons. The fraction of sp³-hybridized carbons (Fsp3) is 1.00. The van der Waals surface area contributed by atoms with Gasteiger partial charge >= 0.3 is 0 Å². The van der Waals surface area contributed by atoms with Gasteiger partial charge in [-0.2, -0.15) is 0 Å². The van der Waals surface area contributed by atoms with Gasteiger partial charge in [-0.05, 0) is 36.2 Å². The number of thioether (sulfide) groups is 2. The summed E-state index contributed by atoms with van der Waals surface area (Å²) in [6, 6.07) is 0. The molecule has 0 aromatic rings. The molecular formula is C10H18OS2. The van der Waals surface area contributed by atoms with Crippen molar-refractivity contribution in [2.75, 3.05) is 11.5 Å². The summed E-state index contributed by atoms with van der Waals surface area (Å²) in [5, 5.41) is 10.3. The molecule has 76 valence electrons. The second kappa shape index (κ2) is 3.35. The molecule has 2 rings (SSSR count). The van der Waals surface area contributed by atoms with E-state index in [2.05, 4.69) is 13.8 Å². The third-order valence-electron chi connectivity index (χ3n) is 3.26. The quantitative estimate of drug-likeness (QED) is 0.675. The van der Waals surface area contributed by atoms with Crippen LogP contribution in [-0.2, 0) is 0 Å². The van der Waals surface area contributed by atoms with Crippen LogP contribution in [-0.4, -0.2) is 26.8 Å². The minimum atomic E-state index is -0.115. The summed E-state index contributed by atoms with van der Waals surface area (Å²) in [5.74, 6) is 2.47. The van der Waals surface area contributed by atoms with Gasteiger partial charge in [0.2, 0.25) is 0 Å². The SMILES string of the molecule is CC1(C)CCC2(SCCCS2)[C@@H]1O. The van der Waals surface area contributed by atoms with Gasteiger partial charge in [-0.15, -0.1) is 23.5 Å². The summed E-state index contributed by atoms with van der Waals surface area (Å²) >= 11 is 3.99. The number of hydrogen-bond donors (Lipinski definition) is 1. The highest BCUT2D eigenvalue weighted by molar-refractivity contribution is 8.18. The maximum absolute atomic E-state index is 10.3. The summed E-state index contributed by atoms with van der Waals surface area (Å²) in [4.78, 5) is 0. The zero-order chi connectivity index (χ0) is 9.53. The van der Waals surface area contributed by atoms with Crippen LogP contribution in [0.2, 0.25) is 0 Å². The Morgan fingerprint density at radius 3 is 2.23 bits per heavy atom. The van der Waals surface area contributed by atoms with Crippen LogP contribution in [0.15, 0.2) is 0 Å². The molecule has 1 saturated heterocycles. The third-order valence-corrected chi connectivity index (χ3v) is 6.78. The Bertz CT molecular complexity index is 197. The lowest BCUT2D eigenvalue weighted by Gasteiger charge is -2.38. The molecule has 2 aliphatic rings. The lowest BCUT2D eigenvalue weighted by atomic mass is 9.89. The number of hydrogen-bond acceptors (Lipinski definition) is 3. The molecule has 1 aliphatic carbocycles. The van der Waals surface area contributed by atoms with E-state index in [1.807, 2.05) is 23.5 Å². The van der Waals surface area contributed by atoms with Gasteiger partial charge in [0.15, 0.2) is 0 Å². The molecular weight excluding hydrogens is 200 g/mol. The second-order valence-electron chi connectivity index (χ2n) is 4.75. The average Bonchev–Trinajstić information content (AvgIpc) is 2.33. The van der Waals surface area contributed by atoms with E-state index in [0.717, 1.165) is 0 Å². The lowest BCUT2D eigenvalue weighted by molar-refractivity contribution is 0.0771. The van der Waals surface area contributed by atoms with Crippen molar-refractivity contribution < 1.29 is 5.11 Å². The van der Waals surface area contributed by atoms with Crippen molar-refractivity contribution in [1.29, 1.82) is 0 Å². The Morgan fingerprint density at radius 1 is 1.15 bits per heavy atom. The van der Waals surface area contributed by atoms with Crippen LogP contribution in [0.25, 0.3) is 0 Å². The summed E-state index contributed by atoms with van der Waals surface area (Å²) in [6.07, 6.45) is 3.56. The van der Waals surface area contributed by atoms with Crippen LogP contribution in [0.1, 0.15) is 33.1 Å². The molecule has 13 heavy (non-hydrogen) atoms. The van der Waals surface area contributed by atoms with Crippen LogP contribution >= 0.6 is 23.5 Å². The van der Waals surface area contributed by atoms with Crippen molar-refractivity contribution >= 4 is 23.5 Å². The second-order valence-corrected chi connectivity index (χ2v) is 7.86. The van der Waals surface area contributed by atoms with Crippen LogP contribution in [0, 0.1) is 5.41 Å². The Morgan fingerprint density at radius 2 is 1.77 bits per heavy atom. The maximum Gasteiger partial charge on any atom is 0.0874 e. The zero-order valence-corrected chi connectivity index (χ0v) is 10.0. The molecule has 0 unspecified atom stereocenters. The molecule has 0 aromatic heterocycles. The van der Waals surface area contributed by atoms with Gasteiger partial charge in [-0.1, -0.05) is 13.8 Å². The molecule has 0 aromatic carbocycles. The van der Waals surface area contributed by atoms with Gasteiger partial charge in [-0.25, -0.2) is 0 Å². The zero-order valence-electron chi connectivity index (χ0n) is 8.38. The molecule has 2 fully saturated rings. The number of aliphatic hydroxyl groups is 1. The Kier molecular flexibility index (Phi) is 2.63. The summed E-state index contributed by atoms with van der Waals surface area (Å²) in [6.45, 7) is 4.39.